The van der Waals surface area contributed by atoms with Gasteiger partial charge in [0.1, 0.15) is 7.05 Å². The smallest absolute Gasteiger partial charge is 0.212 e. The topological polar surface area (TPSA) is 7.12 Å². The lowest BCUT2D eigenvalue weighted by molar-refractivity contribution is -0.644. The quantitative estimate of drug-likeness (QED) is 0.0337. The van der Waals surface area contributed by atoms with Crippen LogP contribution in [-0.4, -0.2) is 13.1 Å². The molecule has 53 heavy (non-hydrogen) atoms. The average Bonchev–Trinajstić information content (AvgIpc) is 3.17. The predicted octanol–water partition coefficient (Wildman–Crippen LogP) is 12.6. The number of aromatic nitrogens is 1. The van der Waals surface area contributed by atoms with Crippen LogP contribution in [0.2, 0.25) is 0 Å². The third-order valence-corrected chi connectivity index (χ3v) is 11.3. The fourth-order valence-corrected chi connectivity index (χ4v) is 7.88. The zero-order chi connectivity index (χ0) is 36.7. The maximum absolute atomic E-state index is 2.69. The summed E-state index contributed by atoms with van der Waals surface area (Å²) in [6, 6.07) is 20.3. The van der Waals surface area contributed by atoms with E-state index in [9.17, 15) is 0 Å². The van der Waals surface area contributed by atoms with Crippen molar-refractivity contribution in [1.82, 2.24) is 0 Å². The largest absolute Gasteiger partial charge is 1.00 e. The van der Waals surface area contributed by atoms with Crippen LogP contribution in [0.1, 0.15) is 205 Å². The second-order valence-corrected chi connectivity index (χ2v) is 16.0. The molecule has 3 rings (SSSR count). The number of pyridine rings is 1. The number of halogens is 1. The average molecular weight is 837 g/mol. The molecule has 298 valence electrons. The van der Waals surface area contributed by atoms with Crippen LogP contribution < -0.4 is 33.4 Å². The fraction of sp³-hybridized carbons (Fsp3) is 0.660. The monoisotopic (exact) mass is 837 g/mol. The van der Waals surface area contributed by atoms with Crippen LogP contribution in [0.3, 0.4) is 0 Å². The number of hydrogen-bond acceptors (Lipinski definition) is 1. The molecule has 0 saturated carbocycles. The van der Waals surface area contributed by atoms with Crippen molar-refractivity contribution in [2.24, 2.45) is 7.05 Å². The van der Waals surface area contributed by atoms with Crippen molar-refractivity contribution in [1.29, 1.82) is 0 Å². The highest BCUT2D eigenvalue weighted by molar-refractivity contribution is 5.88. The Morgan fingerprint density at radius 3 is 1.28 bits per heavy atom. The van der Waals surface area contributed by atoms with Gasteiger partial charge in [0.15, 0.2) is 6.20 Å². The SMILES string of the molecule is CCCCCCCCCCCCCCCCN(CCCCCCCCCCCCCCCC)c1ccc(C=Cc2cc[n+](C)c3ccccc23)cc1.[I-]. The second kappa shape index (κ2) is 32.4. The molecule has 0 N–H and O–H groups in total. The Hall–Kier alpha value is -1.88. The molecule has 0 aliphatic rings. The van der Waals surface area contributed by atoms with E-state index in [4.69, 9.17) is 0 Å². The molecule has 2 nitrogen and oxygen atoms in total. The van der Waals surface area contributed by atoms with Gasteiger partial charge in [-0.05, 0) is 42.2 Å². The molecule has 0 atom stereocenters. The lowest BCUT2D eigenvalue weighted by Gasteiger charge is -2.25. The number of aryl methyl sites for hydroxylation is 1. The van der Waals surface area contributed by atoms with Crippen LogP contribution in [0.4, 0.5) is 5.69 Å². The van der Waals surface area contributed by atoms with Gasteiger partial charge in [-0.3, -0.25) is 0 Å². The lowest BCUT2D eigenvalue weighted by atomic mass is 10.0. The fourth-order valence-electron chi connectivity index (χ4n) is 7.88. The first-order valence-corrected chi connectivity index (χ1v) is 22.6. The molecule has 3 aromatic rings. The van der Waals surface area contributed by atoms with Gasteiger partial charge >= 0.3 is 0 Å². The minimum absolute atomic E-state index is 0. The summed E-state index contributed by atoms with van der Waals surface area (Å²) in [5.74, 6) is 0. The first-order chi connectivity index (χ1) is 25.7. The van der Waals surface area contributed by atoms with Gasteiger partial charge in [0.2, 0.25) is 5.52 Å². The van der Waals surface area contributed by atoms with E-state index in [1.165, 1.54) is 221 Å². The van der Waals surface area contributed by atoms with Crippen LogP contribution in [0.25, 0.3) is 23.1 Å². The van der Waals surface area contributed by atoms with E-state index in [1.54, 1.807) is 0 Å². The molecule has 0 aliphatic heterocycles. The molecule has 0 spiro atoms. The number of hydrogen-bond donors (Lipinski definition) is 0. The molecule has 0 bridgehead atoms. The van der Waals surface area contributed by atoms with E-state index >= 15 is 0 Å². The Balaban J connectivity index is 0.00000972. The Labute approximate surface area is 346 Å². The minimum Gasteiger partial charge on any atom is -1.00 e. The third kappa shape index (κ3) is 21.7. The van der Waals surface area contributed by atoms with Crippen molar-refractivity contribution in [3.63, 3.8) is 0 Å². The number of benzene rings is 2. The van der Waals surface area contributed by atoms with Crippen LogP contribution in [0.15, 0.2) is 60.8 Å². The number of unbranched alkanes of at least 4 members (excludes halogenated alkanes) is 26. The molecular weight excluding hydrogens is 755 g/mol. The number of nitrogens with zero attached hydrogens (tertiary/aromatic N) is 2. The Morgan fingerprint density at radius 2 is 0.849 bits per heavy atom. The summed E-state index contributed by atoms with van der Waals surface area (Å²) in [6.45, 7) is 7.00. The van der Waals surface area contributed by atoms with Gasteiger partial charge in [-0.2, -0.15) is 0 Å². The molecule has 2 aromatic carbocycles. The maximum atomic E-state index is 2.69. The van der Waals surface area contributed by atoms with Crippen LogP contribution in [0.5, 0.6) is 0 Å². The third-order valence-electron chi connectivity index (χ3n) is 11.3. The molecule has 0 radical (unpaired) electrons. The zero-order valence-electron chi connectivity index (χ0n) is 34.9. The van der Waals surface area contributed by atoms with Gasteiger partial charge in [-0.1, -0.05) is 217 Å². The van der Waals surface area contributed by atoms with Crippen LogP contribution in [0, 0.1) is 0 Å². The summed E-state index contributed by atoms with van der Waals surface area (Å²) in [5.41, 5.74) is 5.21. The number of fused-ring (bicyclic) bond motifs is 1. The van der Waals surface area contributed by atoms with E-state index in [0.29, 0.717) is 0 Å². The van der Waals surface area contributed by atoms with Crippen molar-refractivity contribution in [3.8, 4) is 0 Å². The molecule has 0 fully saturated rings. The summed E-state index contributed by atoms with van der Waals surface area (Å²) < 4.78 is 2.20. The summed E-state index contributed by atoms with van der Waals surface area (Å²) in [4.78, 5) is 2.69. The number of para-hydroxylation sites is 1. The minimum atomic E-state index is 0. The Morgan fingerprint density at radius 1 is 0.453 bits per heavy atom. The van der Waals surface area contributed by atoms with Crippen molar-refractivity contribution < 1.29 is 28.5 Å². The standard InChI is InChI=1S/C50H81N2.HI/c1-4-6-8-10-12-14-16-18-20-22-24-26-28-32-43-52(44-33-29-27-25-23-21-19-17-15-13-11-9-7-5-2)48-40-37-46(38-41-48)36-39-47-42-45-51(3)50-35-31-30-34-49(47)50;/h30-31,34-42,45H,4-29,32-33,43-44H2,1-3H3;1H/q+1;/p-1. The van der Waals surface area contributed by atoms with E-state index in [1.807, 2.05) is 0 Å². The molecule has 3 heteroatoms. The van der Waals surface area contributed by atoms with Gasteiger partial charge in [0.05, 0.1) is 5.39 Å². The number of rotatable bonds is 33. The molecule has 0 aliphatic carbocycles. The highest BCUT2D eigenvalue weighted by Gasteiger charge is 2.09. The normalized spacial score (nSPS) is 11.5. The van der Waals surface area contributed by atoms with Crippen LogP contribution in [-0.2, 0) is 7.05 Å². The zero-order valence-corrected chi connectivity index (χ0v) is 37.1. The van der Waals surface area contributed by atoms with Crippen LogP contribution >= 0.6 is 0 Å². The summed E-state index contributed by atoms with van der Waals surface area (Å²) in [5, 5.41) is 1.30. The first kappa shape index (κ1) is 47.3. The van der Waals surface area contributed by atoms with Gasteiger partial charge in [0.25, 0.3) is 0 Å². The van der Waals surface area contributed by atoms with Gasteiger partial charge in [-0.25, -0.2) is 4.57 Å². The van der Waals surface area contributed by atoms with E-state index < -0.39 is 0 Å². The molecular formula is C50H81IN2. The highest BCUT2D eigenvalue weighted by atomic mass is 127. The van der Waals surface area contributed by atoms with Crippen molar-refractivity contribution in [2.45, 2.75) is 194 Å². The second-order valence-electron chi connectivity index (χ2n) is 16.0. The summed E-state index contributed by atoms with van der Waals surface area (Å²) in [7, 11) is 2.12. The molecule has 0 unspecified atom stereocenters. The van der Waals surface area contributed by atoms with Crippen molar-refractivity contribution in [2.75, 3.05) is 18.0 Å². The molecule has 0 saturated heterocycles. The highest BCUT2D eigenvalue weighted by Crippen LogP contribution is 2.22. The summed E-state index contributed by atoms with van der Waals surface area (Å²) in [6.07, 6.45) is 46.5. The first-order valence-electron chi connectivity index (χ1n) is 22.6. The van der Waals surface area contributed by atoms with Crippen molar-refractivity contribution in [3.05, 3.63) is 71.9 Å². The van der Waals surface area contributed by atoms with Gasteiger partial charge in [-0.15, -0.1) is 0 Å². The van der Waals surface area contributed by atoms with Gasteiger partial charge in [0, 0.05) is 30.9 Å². The van der Waals surface area contributed by atoms with E-state index in [-0.39, 0.29) is 24.0 Å². The lowest BCUT2D eigenvalue weighted by Crippen LogP contribution is -3.00. The van der Waals surface area contributed by atoms with E-state index in [2.05, 4.69) is 103 Å². The Kier molecular flexibility index (Phi) is 28.9. The molecule has 1 aromatic heterocycles. The van der Waals surface area contributed by atoms with E-state index in [0.717, 1.165) is 0 Å². The van der Waals surface area contributed by atoms with Gasteiger partial charge < -0.3 is 28.9 Å². The summed E-state index contributed by atoms with van der Waals surface area (Å²) >= 11 is 0. The molecule has 0 amide bonds. The van der Waals surface area contributed by atoms with Crippen molar-refractivity contribution >= 4 is 28.7 Å². The molecule has 1 heterocycles. The Bertz CT molecular complexity index is 1270. The predicted molar refractivity (Wildman–Crippen MR) is 233 cm³/mol. The number of anilines is 1. The maximum Gasteiger partial charge on any atom is 0.212 e.